The van der Waals surface area contributed by atoms with Crippen molar-refractivity contribution in [3.8, 4) is 0 Å². The van der Waals surface area contributed by atoms with Crippen LogP contribution in [0.3, 0.4) is 0 Å². The van der Waals surface area contributed by atoms with Crippen molar-refractivity contribution in [1.82, 2.24) is 4.98 Å². The minimum Gasteiger partial charge on any atom is -0.478 e. The van der Waals surface area contributed by atoms with E-state index < -0.39 is 5.97 Å². The minimum absolute atomic E-state index is 0.275. The van der Waals surface area contributed by atoms with Gasteiger partial charge < -0.3 is 14.9 Å². The zero-order valence-corrected chi connectivity index (χ0v) is 12.1. The number of hydrogen-bond acceptors (Lipinski definition) is 4. The van der Waals surface area contributed by atoms with E-state index in [1.54, 1.807) is 19.2 Å². The number of carboxylic acid groups (broad SMARTS) is 1. The number of pyridine rings is 1. The second-order valence-electron chi connectivity index (χ2n) is 5.19. The number of aryl methyl sites for hydroxylation is 1. The lowest BCUT2D eigenvalue weighted by atomic mass is 10.1. The molecule has 108 valence electrons. The number of fused-ring (bicyclic) bond motifs is 1. The lowest BCUT2D eigenvalue weighted by Crippen LogP contribution is -2.37. The van der Waals surface area contributed by atoms with Crippen LogP contribution in [0.1, 0.15) is 15.9 Å². The van der Waals surface area contributed by atoms with E-state index in [2.05, 4.69) is 9.88 Å². The van der Waals surface area contributed by atoms with Gasteiger partial charge in [-0.1, -0.05) is 12.1 Å². The van der Waals surface area contributed by atoms with Crippen LogP contribution in [-0.4, -0.2) is 36.2 Å². The molecule has 1 aliphatic rings. The smallest absolute Gasteiger partial charge is 0.339 e. The Bertz CT molecular complexity index is 700. The van der Waals surface area contributed by atoms with Crippen LogP contribution in [0.5, 0.6) is 0 Å². The van der Waals surface area contributed by atoms with Gasteiger partial charge in [-0.25, -0.2) is 9.78 Å². The molecule has 2 aromatic rings. The second kappa shape index (κ2) is 5.09. The van der Waals surface area contributed by atoms with E-state index in [0.29, 0.717) is 12.4 Å². The number of nitrogens with zero attached hydrogens (tertiary/aromatic N) is 3. The fourth-order valence-corrected chi connectivity index (χ4v) is 2.74. The first kappa shape index (κ1) is 13.4. The third-order valence-electron chi connectivity index (χ3n) is 3.85. The largest absolute Gasteiger partial charge is 0.478 e. The van der Waals surface area contributed by atoms with E-state index in [1.165, 1.54) is 0 Å². The Morgan fingerprint density at radius 3 is 2.62 bits per heavy atom. The molecular weight excluding hydrogens is 266 g/mol. The summed E-state index contributed by atoms with van der Waals surface area (Å²) in [5, 5.41) is 9.50. The molecule has 0 radical (unpaired) electrons. The molecule has 0 unspecified atom stereocenters. The number of carbonyl (C=O) groups is 1. The van der Waals surface area contributed by atoms with E-state index in [4.69, 9.17) is 0 Å². The van der Waals surface area contributed by atoms with Crippen LogP contribution in [0, 0.1) is 6.92 Å². The van der Waals surface area contributed by atoms with Crippen molar-refractivity contribution in [3.05, 3.63) is 47.7 Å². The Balaban J connectivity index is 2.17. The van der Waals surface area contributed by atoms with Crippen LogP contribution in [0.4, 0.5) is 17.2 Å². The Labute approximate surface area is 123 Å². The number of rotatable bonds is 2. The number of aromatic carboxylic acids is 1. The van der Waals surface area contributed by atoms with Crippen LogP contribution in [0.15, 0.2) is 36.5 Å². The molecule has 5 nitrogen and oxygen atoms in total. The van der Waals surface area contributed by atoms with Gasteiger partial charge in [-0.05, 0) is 30.7 Å². The van der Waals surface area contributed by atoms with Gasteiger partial charge in [-0.15, -0.1) is 0 Å². The predicted octanol–water partition coefficient (Wildman–Crippen LogP) is 2.68. The van der Waals surface area contributed by atoms with Gasteiger partial charge in [0, 0.05) is 26.3 Å². The highest BCUT2D eigenvalue weighted by molar-refractivity contribution is 5.97. The summed E-state index contributed by atoms with van der Waals surface area (Å²) in [6, 6.07) is 9.72. The van der Waals surface area contributed by atoms with E-state index in [-0.39, 0.29) is 5.56 Å². The van der Waals surface area contributed by atoms with Crippen LogP contribution in [-0.2, 0) is 0 Å². The topological polar surface area (TPSA) is 56.7 Å². The van der Waals surface area contributed by atoms with Gasteiger partial charge in [-0.3, -0.25) is 0 Å². The average molecular weight is 283 g/mol. The summed E-state index contributed by atoms with van der Waals surface area (Å²) < 4.78 is 0. The second-order valence-corrected chi connectivity index (χ2v) is 5.19. The van der Waals surface area contributed by atoms with Gasteiger partial charge in [-0.2, -0.15) is 0 Å². The monoisotopic (exact) mass is 283 g/mol. The Hall–Kier alpha value is -2.56. The van der Waals surface area contributed by atoms with Crippen molar-refractivity contribution in [2.45, 2.75) is 6.92 Å². The molecule has 21 heavy (non-hydrogen) atoms. The van der Waals surface area contributed by atoms with Crippen LogP contribution < -0.4 is 9.80 Å². The first-order valence-corrected chi connectivity index (χ1v) is 6.86. The van der Waals surface area contributed by atoms with Crippen molar-refractivity contribution in [3.63, 3.8) is 0 Å². The summed E-state index contributed by atoms with van der Waals surface area (Å²) in [4.78, 5) is 20.1. The normalized spacial score (nSPS) is 14.0. The maximum atomic E-state index is 11.6. The number of aromatic nitrogens is 1. The van der Waals surface area contributed by atoms with Crippen LogP contribution in [0.2, 0.25) is 0 Å². The lowest BCUT2D eigenvalue weighted by Gasteiger charge is -2.36. The highest BCUT2D eigenvalue weighted by Gasteiger charge is 2.26. The highest BCUT2D eigenvalue weighted by atomic mass is 16.4. The maximum Gasteiger partial charge on any atom is 0.339 e. The zero-order chi connectivity index (χ0) is 15.0. The average Bonchev–Trinajstić information content (AvgIpc) is 2.47. The molecule has 1 aromatic heterocycles. The Kier molecular flexibility index (Phi) is 3.25. The van der Waals surface area contributed by atoms with Crippen molar-refractivity contribution >= 4 is 23.2 Å². The molecule has 0 aliphatic carbocycles. The quantitative estimate of drug-likeness (QED) is 0.918. The van der Waals surface area contributed by atoms with E-state index in [0.717, 1.165) is 23.5 Å². The Morgan fingerprint density at radius 1 is 1.19 bits per heavy atom. The SMILES string of the molecule is Cc1ccnc(N2CCN(C)c3ccccc32)c1C(=O)O. The minimum atomic E-state index is -0.938. The summed E-state index contributed by atoms with van der Waals surface area (Å²) in [5.41, 5.74) is 3.08. The molecular formula is C16H17N3O2. The number of likely N-dealkylation sites (N-methyl/N-ethyl adjacent to an activating group) is 1. The number of benzene rings is 1. The lowest BCUT2D eigenvalue weighted by molar-refractivity contribution is 0.0696. The number of carboxylic acids is 1. The molecule has 3 rings (SSSR count). The highest BCUT2D eigenvalue weighted by Crippen LogP contribution is 2.37. The third kappa shape index (κ3) is 2.20. The predicted molar refractivity (Wildman–Crippen MR) is 82.7 cm³/mol. The van der Waals surface area contributed by atoms with Crippen molar-refractivity contribution in [2.75, 3.05) is 29.9 Å². The number of hydrogen-bond donors (Lipinski definition) is 1. The number of para-hydroxylation sites is 2. The first-order valence-electron chi connectivity index (χ1n) is 6.86. The van der Waals surface area contributed by atoms with E-state index in [1.807, 2.05) is 36.2 Å². The third-order valence-corrected chi connectivity index (χ3v) is 3.85. The molecule has 0 fully saturated rings. The molecule has 0 bridgehead atoms. The molecule has 0 spiro atoms. The maximum absolute atomic E-state index is 11.6. The fraction of sp³-hybridized carbons (Fsp3) is 0.250. The molecule has 2 heterocycles. The fourth-order valence-electron chi connectivity index (χ4n) is 2.74. The molecule has 0 saturated carbocycles. The summed E-state index contributed by atoms with van der Waals surface area (Å²) in [6.45, 7) is 3.34. The first-order chi connectivity index (χ1) is 10.1. The van der Waals surface area contributed by atoms with Gasteiger partial charge >= 0.3 is 5.97 Å². The van der Waals surface area contributed by atoms with Crippen LogP contribution >= 0.6 is 0 Å². The van der Waals surface area contributed by atoms with Gasteiger partial charge in [0.1, 0.15) is 11.4 Å². The number of anilines is 3. The van der Waals surface area contributed by atoms with E-state index >= 15 is 0 Å². The molecule has 0 atom stereocenters. The van der Waals surface area contributed by atoms with Gasteiger partial charge in [0.15, 0.2) is 0 Å². The summed E-state index contributed by atoms with van der Waals surface area (Å²) in [5.74, 6) is -0.421. The molecule has 0 saturated heterocycles. The van der Waals surface area contributed by atoms with Gasteiger partial charge in [0.05, 0.1) is 11.4 Å². The standard InChI is InChI=1S/C16H17N3O2/c1-11-7-8-17-15(14(11)16(20)21)19-10-9-18(2)12-5-3-4-6-13(12)19/h3-8H,9-10H2,1-2H3,(H,20,21). The van der Waals surface area contributed by atoms with Crippen molar-refractivity contribution < 1.29 is 9.90 Å². The Morgan fingerprint density at radius 2 is 1.90 bits per heavy atom. The molecule has 5 heteroatoms. The summed E-state index contributed by atoms with van der Waals surface area (Å²) in [7, 11) is 2.04. The van der Waals surface area contributed by atoms with Gasteiger partial charge in [0.2, 0.25) is 0 Å². The van der Waals surface area contributed by atoms with E-state index in [9.17, 15) is 9.90 Å². The zero-order valence-electron chi connectivity index (χ0n) is 12.1. The van der Waals surface area contributed by atoms with Gasteiger partial charge in [0.25, 0.3) is 0 Å². The van der Waals surface area contributed by atoms with Crippen molar-refractivity contribution in [1.29, 1.82) is 0 Å². The molecule has 0 amide bonds. The molecule has 1 aliphatic heterocycles. The summed E-state index contributed by atoms with van der Waals surface area (Å²) in [6.07, 6.45) is 1.66. The molecule has 1 aromatic carbocycles. The molecule has 1 N–H and O–H groups in total. The van der Waals surface area contributed by atoms with Crippen molar-refractivity contribution in [2.24, 2.45) is 0 Å². The summed E-state index contributed by atoms with van der Waals surface area (Å²) >= 11 is 0. The van der Waals surface area contributed by atoms with Crippen LogP contribution in [0.25, 0.3) is 0 Å².